The van der Waals surface area contributed by atoms with E-state index in [-0.39, 0.29) is 10.8 Å². The van der Waals surface area contributed by atoms with Crippen LogP contribution in [0.5, 0.6) is 0 Å². The van der Waals surface area contributed by atoms with E-state index in [1.807, 2.05) is 55.4 Å². The number of aromatic nitrogens is 1. The van der Waals surface area contributed by atoms with Gasteiger partial charge in [-0.05, 0) is 12.1 Å². The van der Waals surface area contributed by atoms with Gasteiger partial charge in [0.1, 0.15) is 0 Å². The van der Waals surface area contributed by atoms with E-state index in [2.05, 4.69) is 4.98 Å². The van der Waals surface area contributed by atoms with Crippen LogP contribution in [0, 0.1) is 0 Å². The Kier molecular flexibility index (Phi) is 5.73. The summed E-state index contributed by atoms with van der Waals surface area (Å²) in [4.78, 5) is 15.7. The number of carboxylic acids is 1. The minimum Gasteiger partial charge on any atom is -0.478 e. The quantitative estimate of drug-likeness (QED) is 0.818. The molecule has 0 unspecified atom stereocenters. The monoisotopic (exact) mass is 265 g/mol. The van der Waals surface area contributed by atoms with Gasteiger partial charge >= 0.3 is 5.97 Å². The third-order valence-corrected chi connectivity index (χ3v) is 2.61. The Morgan fingerprint density at radius 3 is 1.47 bits per heavy atom. The van der Waals surface area contributed by atoms with Crippen molar-refractivity contribution in [3.63, 3.8) is 0 Å². The molecule has 0 aliphatic carbocycles. The van der Waals surface area contributed by atoms with E-state index >= 15 is 0 Å². The molecule has 0 amide bonds. The van der Waals surface area contributed by atoms with Crippen LogP contribution >= 0.6 is 0 Å². The summed E-state index contributed by atoms with van der Waals surface area (Å²) in [5.74, 6) is -0.900. The number of pyridine rings is 1. The lowest BCUT2D eigenvalue weighted by molar-refractivity contribution is 0.0696. The number of carboxylic acid groups (broad SMARTS) is 1. The normalized spacial score (nSPS) is 11.6. The van der Waals surface area contributed by atoms with Crippen LogP contribution in [-0.2, 0) is 10.8 Å². The van der Waals surface area contributed by atoms with E-state index in [0.717, 1.165) is 11.4 Å². The first-order valence-corrected chi connectivity index (χ1v) is 6.78. The molecule has 0 aromatic carbocycles. The summed E-state index contributed by atoms with van der Waals surface area (Å²) in [5, 5.41) is 9.14. The SMILES string of the molecule is CC.CC(C)(C)c1cc(C(=O)O)cc(C(C)(C)C)n1. The van der Waals surface area contributed by atoms with Gasteiger partial charge in [0.2, 0.25) is 0 Å². The first-order valence-electron chi connectivity index (χ1n) is 6.78. The topological polar surface area (TPSA) is 50.2 Å². The zero-order valence-electron chi connectivity index (χ0n) is 13.5. The van der Waals surface area contributed by atoms with E-state index in [1.54, 1.807) is 12.1 Å². The molecule has 1 N–H and O–H groups in total. The average molecular weight is 265 g/mol. The van der Waals surface area contributed by atoms with Crippen molar-refractivity contribution >= 4 is 5.97 Å². The van der Waals surface area contributed by atoms with Gasteiger partial charge in [0.15, 0.2) is 0 Å². The molecule has 3 heteroatoms. The second kappa shape index (κ2) is 6.18. The lowest BCUT2D eigenvalue weighted by Crippen LogP contribution is -2.21. The summed E-state index contributed by atoms with van der Waals surface area (Å²) >= 11 is 0. The molecule has 0 aliphatic rings. The van der Waals surface area contributed by atoms with Crippen molar-refractivity contribution in [3.05, 3.63) is 29.1 Å². The Bertz CT molecular complexity index is 405. The van der Waals surface area contributed by atoms with Gasteiger partial charge in [0, 0.05) is 22.2 Å². The van der Waals surface area contributed by atoms with Crippen molar-refractivity contribution in [1.82, 2.24) is 4.98 Å². The maximum Gasteiger partial charge on any atom is 0.335 e. The summed E-state index contributed by atoms with van der Waals surface area (Å²) in [7, 11) is 0. The number of hydrogen-bond acceptors (Lipinski definition) is 2. The highest BCUT2D eigenvalue weighted by Gasteiger charge is 2.23. The van der Waals surface area contributed by atoms with Crippen molar-refractivity contribution in [1.29, 1.82) is 0 Å². The van der Waals surface area contributed by atoms with Crippen LogP contribution in [0.15, 0.2) is 12.1 Å². The Morgan fingerprint density at radius 1 is 0.947 bits per heavy atom. The molecule has 0 spiro atoms. The fourth-order valence-electron chi connectivity index (χ4n) is 1.42. The molecule has 3 nitrogen and oxygen atoms in total. The highest BCUT2D eigenvalue weighted by molar-refractivity contribution is 5.87. The molecule has 19 heavy (non-hydrogen) atoms. The second-order valence-corrected chi connectivity index (χ2v) is 6.43. The zero-order valence-corrected chi connectivity index (χ0v) is 13.5. The van der Waals surface area contributed by atoms with Crippen LogP contribution < -0.4 is 0 Å². The first kappa shape index (κ1) is 17.6. The number of rotatable bonds is 1. The van der Waals surface area contributed by atoms with Gasteiger partial charge in [-0.2, -0.15) is 0 Å². The predicted molar refractivity (Wildman–Crippen MR) is 79.9 cm³/mol. The third kappa shape index (κ3) is 5.01. The van der Waals surface area contributed by atoms with Crippen LogP contribution in [0.3, 0.4) is 0 Å². The molecule has 0 aliphatic heterocycles. The minimum atomic E-state index is -0.900. The lowest BCUT2D eigenvalue weighted by atomic mass is 9.86. The Labute approximate surface area is 117 Å². The van der Waals surface area contributed by atoms with Gasteiger partial charge < -0.3 is 5.11 Å². The minimum absolute atomic E-state index is 0.147. The second-order valence-electron chi connectivity index (χ2n) is 6.43. The molecule has 1 heterocycles. The number of hydrogen-bond donors (Lipinski definition) is 1. The van der Waals surface area contributed by atoms with Crippen molar-refractivity contribution in [2.24, 2.45) is 0 Å². The molecule has 1 aromatic heterocycles. The summed E-state index contributed by atoms with van der Waals surface area (Å²) in [5.41, 5.74) is 1.66. The zero-order chi connectivity index (χ0) is 15.4. The largest absolute Gasteiger partial charge is 0.478 e. The summed E-state index contributed by atoms with van der Waals surface area (Å²) in [6, 6.07) is 3.33. The standard InChI is InChI=1S/C14H21NO2.C2H6/c1-13(2,3)10-7-9(12(16)17)8-11(15-10)14(4,5)6;1-2/h7-8H,1-6H3,(H,16,17);1-2H3. The summed E-state index contributed by atoms with van der Waals surface area (Å²) in [6.45, 7) is 16.2. The Hall–Kier alpha value is -1.38. The van der Waals surface area contributed by atoms with E-state index in [9.17, 15) is 4.79 Å². The molecule has 0 atom stereocenters. The van der Waals surface area contributed by atoms with Crippen LogP contribution in [0.4, 0.5) is 0 Å². The van der Waals surface area contributed by atoms with Gasteiger partial charge in [0.05, 0.1) is 5.56 Å². The maximum atomic E-state index is 11.1. The summed E-state index contributed by atoms with van der Waals surface area (Å²) in [6.07, 6.45) is 0. The molecule has 0 radical (unpaired) electrons. The molecule has 0 saturated carbocycles. The van der Waals surface area contributed by atoms with Crippen molar-refractivity contribution in [3.8, 4) is 0 Å². The fourth-order valence-corrected chi connectivity index (χ4v) is 1.42. The molecule has 1 rings (SSSR count). The maximum absolute atomic E-state index is 11.1. The lowest BCUT2D eigenvalue weighted by Gasteiger charge is -2.24. The van der Waals surface area contributed by atoms with Gasteiger partial charge in [-0.3, -0.25) is 4.98 Å². The van der Waals surface area contributed by atoms with Crippen LogP contribution in [-0.4, -0.2) is 16.1 Å². The van der Waals surface area contributed by atoms with E-state index in [4.69, 9.17) is 5.11 Å². The van der Waals surface area contributed by atoms with Crippen LogP contribution in [0.1, 0.15) is 77.1 Å². The number of carbonyl (C=O) groups is 1. The smallest absolute Gasteiger partial charge is 0.335 e. The van der Waals surface area contributed by atoms with E-state index in [0.29, 0.717) is 5.56 Å². The average Bonchev–Trinajstić information content (AvgIpc) is 2.28. The molecular formula is C16H27NO2. The van der Waals surface area contributed by atoms with Gasteiger partial charge in [0.25, 0.3) is 0 Å². The number of aromatic carboxylic acids is 1. The molecule has 0 fully saturated rings. The molecule has 0 saturated heterocycles. The van der Waals surface area contributed by atoms with Crippen molar-refractivity contribution < 1.29 is 9.90 Å². The molecule has 1 aromatic rings. The fraction of sp³-hybridized carbons (Fsp3) is 0.625. The summed E-state index contributed by atoms with van der Waals surface area (Å²) < 4.78 is 0. The van der Waals surface area contributed by atoms with Crippen molar-refractivity contribution in [2.45, 2.75) is 66.2 Å². The Balaban J connectivity index is 0.00000154. The third-order valence-electron chi connectivity index (χ3n) is 2.61. The Morgan fingerprint density at radius 2 is 1.26 bits per heavy atom. The molecular weight excluding hydrogens is 238 g/mol. The molecule has 108 valence electrons. The molecule has 0 bridgehead atoms. The van der Waals surface area contributed by atoms with Gasteiger partial charge in [-0.1, -0.05) is 55.4 Å². The van der Waals surface area contributed by atoms with Crippen LogP contribution in [0.25, 0.3) is 0 Å². The van der Waals surface area contributed by atoms with Gasteiger partial charge in [-0.15, -0.1) is 0 Å². The van der Waals surface area contributed by atoms with E-state index < -0.39 is 5.97 Å². The number of nitrogens with zero attached hydrogens (tertiary/aromatic N) is 1. The predicted octanol–water partition coefficient (Wildman–Crippen LogP) is 4.40. The highest BCUT2D eigenvalue weighted by atomic mass is 16.4. The van der Waals surface area contributed by atoms with Crippen LogP contribution in [0.2, 0.25) is 0 Å². The van der Waals surface area contributed by atoms with Crippen molar-refractivity contribution in [2.75, 3.05) is 0 Å². The van der Waals surface area contributed by atoms with Gasteiger partial charge in [-0.25, -0.2) is 4.79 Å². The highest BCUT2D eigenvalue weighted by Crippen LogP contribution is 2.27. The van der Waals surface area contributed by atoms with E-state index in [1.165, 1.54) is 0 Å². The first-order chi connectivity index (χ1) is 8.51.